The Hall–Kier alpha value is -0.930. The molecule has 0 atom stereocenters. The number of thiophene rings is 1. The van der Waals surface area contributed by atoms with Crippen LogP contribution < -0.4 is 0 Å². The zero-order valence-corrected chi connectivity index (χ0v) is 12.3. The van der Waals surface area contributed by atoms with Crippen LogP contribution in [0.5, 0.6) is 0 Å². The average molecular weight is 321 g/mol. The Morgan fingerprint density at radius 1 is 1.17 bits per heavy atom. The first-order chi connectivity index (χ1) is 8.72. The number of fused-ring (bicyclic) bond motifs is 1. The van der Waals surface area contributed by atoms with Crippen LogP contribution in [0, 0.1) is 0 Å². The number of hydrogen-bond acceptors (Lipinski definition) is 2. The van der Waals surface area contributed by atoms with Crippen molar-refractivity contribution in [2.45, 2.75) is 25.7 Å². The number of carbonyl (C=O) groups is 1. The van der Waals surface area contributed by atoms with Gasteiger partial charge in [0.25, 0.3) is 0 Å². The molecule has 1 aliphatic carbocycles. The third kappa shape index (κ3) is 2.43. The Balaban J connectivity index is 1.78. The molecule has 3 rings (SSSR count). The van der Waals surface area contributed by atoms with Crippen LogP contribution in [0.15, 0.2) is 34.1 Å². The summed E-state index contributed by atoms with van der Waals surface area (Å²) in [7, 11) is 0. The quantitative estimate of drug-likeness (QED) is 0.765. The summed E-state index contributed by atoms with van der Waals surface area (Å²) in [5, 5.41) is 0. The molecule has 1 aromatic carbocycles. The van der Waals surface area contributed by atoms with Gasteiger partial charge in [-0.2, -0.15) is 0 Å². The average Bonchev–Trinajstić information content (AvgIpc) is 2.96. The molecule has 1 nitrogen and oxygen atoms in total. The second kappa shape index (κ2) is 4.98. The monoisotopic (exact) mass is 320 g/mol. The van der Waals surface area contributed by atoms with Crippen LogP contribution in [-0.2, 0) is 19.3 Å². The molecule has 2 aromatic rings. The summed E-state index contributed by atoms with van der Waals surface area (Å²) in [4.78, 5) is 13.0. The third-order valence-corrected chi connectivity index (χ3v) is 5.04. The van der Waals surface area contributed by atoms with Gasteiger partial charge in [-0.05, 0) is 64.0 Å². The summed E-state index contributed by atoms with van der Waals surface area (Å²) in [5.41, 5.74) is 4.04. The molecule has 0 saturated heterocycles. The van der Waals surface area contributed by atoms with E-state index in [1.165, 1.54) is 41.7 Å². The maximum atomic E-state index is 12.1. The van der Waals surface area contributed by atoms with Crippen molar-refractivity contribution in [1.82, 2.24) is 0 Å². The number of benzene rings is 1. The first-order valence-electron chi connectivity index (χ1n) is 6.11. The lowest BCUT2D eigenvalue weighted by Gasteiger charge is -2.03. The van der Waals surface area contributed by atoms with E-state index in [1.54, 1.807) is 0 Å². The molecule has 0 spiro atoms. The topological polar surface area (TPSA) is 17.1 Å². The largest absolute Gasteiger partial charge is 0.293 e. The van der Waals surface area contributed by atoms with Crippen LogP contribution in [0.3, 0.4) is 0 Å². The Bertz CT molecular complexity index is 600. The molecule has 1 aromatic heterocycles. The SMILES string of the molecule is O=C(Cc1ccc2c(c1)CCC2)c1ccc(Br)s1. The molecule has 1 heterocycles. The van der Waals surface area contributed by atoms with E-state index in [0.717, 1.165) is 14.2 Å². The van der Waals surface area contributed by atoms with Crippen LogP contribution in [0.25, 0.3) is 0 Å². The van der Waals surface area contributed by atoms with Gasteiger partial charge in [0.15, 0.2) is 5.78 Å². The number of aryl methyl sites for hydroxylation is 2. The summed E-state index contributed by atoms with van der Waals surface area (Å²) < 4.78 is 1.01. The lowest BCUT2D eigenvalue weighted by molar-refractivity contribution is 0.0997. The number of rotatable bonds is 3. The van der Waals surface area contributed by atoms with Gasteiger partial charge in [-0.15, -0.1) is 11.3 Å². The van der Waals surface area contributed by atoms with Crippen LogP contribution in [0.4, 0.5) is 0 Å². The molecule has 3 heteroatoms. The second-order valence-electron chi connectivity index (χ2n) is 4.66. The molecular formula is C15H13BrOS. The predicted molar refractivity (Wildman–Crippen MR) is 78.5 cm³/mol. The van der Waals surface area contributed by atoms with Gasteiger partial charge in [-0.25, -0.2) is 0 Å². The molecule has 92 valence electrons. The van der Waals surface area contributed by atoms with E-state index in [9.17, 15) is 4.79 Å². The minimum absolute atomic E-state index is 0.212. The summed E-state index contributed by atoms with van der Waals surface area (Å²) in [6, 6.07) is 10.3. The van der Waals surface area contributed by atoms with Gasteiger partial charge in [-0.3, -0.25) is 4.79 Å². The molecule has 0 aliphatic heterocycles. The van der Waals surface area contributed by atoms with Crippen LogP contribution >= 0.6 is 27.3 Å². The minimum Gasteiger partial charge on any atom is -0.293 e. The molecule has 0 bridgehead atoms. The molecule has 0 N–H and O–H groups in total. The van der Waals surface area contributed by atoms with Crippen molar-refractivity contribution in [2.24, 2.45) is 0 Å². The smallest absolute Gasteiger partial charge is 0.177 e. The van der Waals surface area contributed by atoms with Gasteiger partial charge < -0.3 is 0 Å². The fourth-order valence-electron chi connectivity index (χ4n) is 2.47. The first kappa shape index (κ1) is 12.1. The minimum atomic E-state index is 0.212. The van der Waals surface area contributed by atoms with E-state index in [4.69, 9.17) is 0 Å². The van der Waals surface area contributed by atoms with E-state index >= 15 is 0 Å². The maximum absolute atomic E-state index is 12.1. The molecule has 0 radical (unpaired) electrons. The molecule has 0 fully saturated rings. The Kier molecular flexibility index (Phi) is 3.35. The number of halogens is 1. The van der Waals surface area contributed by atoms with Crippen molar-refractivity contribution in [3.8, 4) is 0 Å². The van der Waals surface area contributed by atoms with Crippen LogP contribution in [0.1, 0.15) is 32.8 Å². The van der Waals surface area contributed by atoms with Gasteiger partial charge in [0, 0.05) is 6.42 Å². The standard InChI is InChI=1S/C15H13BrOS/c16-15-7-6-14(18-15)13(17)9-10-4-5-11-2-1-3-12(11)8-10/h4-8H,1-3,9H2. The van der Waals surface area contributed by atoms with Crippen LogP contribution in [-0.4, -0.2) is 5.78 Å². The van der Waals surface area contributed by atoms with Crippen molar-refractivity contribution in [3.05, 3.63) is 55.7 Å². The lowest BCUT2D eigenvalue weighted by atomic mass is 10.0. The molecular weight excluding hydrogens is 308 g/mol. The van der Waals surface area contributed by atoms with E-state index in [2.05, 4.69) is 34.1 Å². The van der Waals surface area contributed by atoms with Gasteiger partial charge in [-0.1, -0.05) is 18.2 Å². The highest BCUT2D eigenvalue weighted by Crippen LogP contribution is 2.25. The summed E-state index contributed by atoms with van der Waals surface area (Å²) in [5.74, 6) is 0.212. The van der Waals surface area contributed by atoms with Crippen LogP contribution in [0.2, 0.25) is 0 Å². The number of ketones is 1. The highest BCUT2D eigenvalue weighted by Gasteiger charge is 2.13. The summed E-state index contributed by atoms with van der Waals surface area (Å²) in [6.45, 7) is 0. The maximum Gasteiger partial charge on any atom is 0.177 e. The molecule has 0 saturated carbocycles. The molecule has 1 aliphatic rings. The first-order valence-corrected chi connectivity index (χ1v) is 7.72. The zero-order chi connectivity index (χ0) is 12.5. The molecule has 0 unspecified atom stereocenters. The highest BCUT2D eigenvalue weighted by molar-refractivity contribution is 9.11. The van der Waals surface area contributed by atoms with Gasteiger partial charge >= 0.3 is 0 Å². The van der Waals surface area contributed by atoms with Gasteiger partial charge in [0.2, 0.25) is 0 Å². The Labute approximate surface area is 119 Å². The van der Waals surface area contributed by atoms with Crippen molar-refractivity contribution in [2.75, 3.05) is 0 Å². The van der Waals surface area contributed by atoms with E-state index in [-0.39, 0.29) is 5.78 Å². The fourth-order valence-corrected chi connectivity index (χ4v) is 3.80. The fraction of sp³-hybridized carbons (Fsp3) is 0.267. The molecule has 0 amide bonds. The Morgan fingerprint density at radius 3 is 2.78 bits per heavy atom. The van der Waals surface area contributed by atoms with Gasteiger partial charge in [0.1, 0.15) is 0 Å². The highest BCUT2D eigenvalue weighted by atomic mass is 79.9. The van der Waals surface area contributed by atoms with Crippen molar-refractivity contribution >= 4 is 33.0 Å². The second-order valence-corrected chi connectivity index (χ2v) is 7.12. The third-order valence-electron chi connectivity index (χ3n) is 3.38. The zero-order valence-electron chi connectivity index (χ0n) is 9.91. The van der Waals surface area contributed by atoms with E-state index in [0.29, 0.717) is 6.42 Å². The summed E-state index contributed by atoms with van der Waals surface area (Å²) in [6.07, 6.45) is 4.13. The van der Waals surface area contributed by atoms with E-state index in [1.807, 2.05) is 12.1 Å². The lowest BCUT2D eigenvalue weighted by Crippen LogP contribution is -2.01. The molecule has 18 heavy (non-hydrogen) atoms. The normalized spacial score (nSPS) is 13.6. The van der Waals surface area contributed by atoms with Crippen molar-refractivity contribution in [3.63, 3.8) is 0 Å². The van der Waals surface area contributed by atoms with Crippen molar-refractivity contribution in [1.29, 1.82) is 0 Å². The van der Waals surface area contributed by atoms with E-state index < -0.39 is 0 Å². The number of carbonyl (C=O) groups excluding carboxylic acids is 1. The van der Waals surface area contributed by atoms with Crippen molar-refractivity contribution < 1.29 is 4.79 Å². The Morgan fingerprint density at radius 2 is 2.00 bits per heavy atom. The number of hydrogen-bond donors (Lipinski definition) is 0. The predicted octanol–water partition coefficient (Wildman–Crippen LogP) is 4.42. The van der Waals surface area contributed by atoms with Gasteiger partial charge in [0.05, 0.1) is 8.66 Å². The summed E-state index contributed by atoms with van der Waals surface area (Å²) >= 11 is 4.90. The number of Topliss-reactive ketones (excluding diaryl/α,β-unsaturated/α-hetero) is 1.